The zero-order chi connectivity index (χ0) is 13.9. The number of carbonyl (C=O) groups is 1. The zero-order valence-electron chi connectivity index (χ0n) is 12.0. The minimum atomic E-state index is -0.203. The van der Waals surface area contributed by atoms with Crippen molar-refractivity contribution in [2.24, 2.45) is 5.41 Å². The van der Waals surface area contributed by atoms with Gasteiger partial charge in [-0.15, -0.1) is 11.3 Å². The maximum atomic E-state index is 12.8. The van der Waals surface area contributed by atoms with Crippen molar-refractivity contribution < 1.29 is 4.79 Å². The Morgan fingerprint density at radius 2 is 2.42 bits per heavy atom. The van der Waals surface area contributed by atoms with Crippen LogP contribution in [0.3, 0.4) is 0 Å². The molecule has 2 rings (SSSR count). The molecule has 0 bridgehead atoms. The molecule has 0 aliphatic carbocycles. The predicted molar refractivity (Wildman–Crippen MR) is 78.2 cm³/mol. The lowest BCUT2D eigenvalue weighted by atomic mass is 9.77. The minimum absolute atomic E-state index is 0.203. The monoisotopic (exact) mass is 281 g/mol. The molecule has 0 spiro atoms. The van der Waals surface area contributed by atoms with E-state index in [1.54, 1.807) is 11.3 Å². The molecule has 5 heteroatoms. The van der Waals surface area contributed by atoms with Gasteiger partial charge in [0, 0.05) is 18.5 Å². The smallest absolute Gasteiger partial charge is 0.230 e. The normalized spacial score (nSPS) is 23.3. The van der Waals surface area contributed by atoms with Crippen molar-refractivity contribution in [3.8, 4) is 0 Å². The molecule has 1 aromatic rings. The number of nitrogens with zero attached hydrogens (tertiary/aromatic N) is 2. The Balaban J connectivity index is 2.07. The molecular formula is C14H23N3OS. The van der Waals surface area contributed by atoms with Gasteiger partial charge in [0.15, 0.2) is 0 Å². The van der Waals surface area contributed by atoms with Crippen LogP contribution in [0.15, 0.2) is 5.51 Å². The molecular weight excluding hydrogens is 258 g/mol. The fraction of sp³-hybridized carbons (Fsp3) is 0.714. The number of amides is 1. The van der Waals surface area contributed by atoms with Gasteiger partial charge in [-0.1, -0.05) is 6.92 Å². The highest BCUT2D eigenvalue weighted by Crippen LogP contribution is 2.32. The lowest BCUT2D eigenvalue weighted by Crippen LogP contribution is -2.50. The Morgan fingerprint density at radius 3 is 2.95 bits per heavy atom. The van der Waals surface area contributed by atoms with E-state index in [2.05, 4.69) is 17.2 Å². The molecule has 2 heterocycles. The summed E-state index contributed by atoms with van der Waals surface area (Å²) >= 11 is 1.63. The summed E-state index contributed by atoms with van der Waals surface area (Å²) in [6.07, 6.45) is 3.00. The molecule has 0 aromatic carbocycles. The second kappa shape index (κ2) is 6.01. The molecule has 1 amide bonds. The largest absolute Gasteiger partial charge is 0.340 e. The lowest BCUT2D eigenvalue weighted by Gasteiger charge is -2.38. The van der Waals surface area contributed by atoms with Crippen molar-refractivity contribution in [3.63, 3.8) is 0 Å². The lowest BCUT2D eigenvalue weighted by molar-refractivity contribution is -0.142. The number of rotatable bonds is 4. The maximum absolute atomic E-state index is 12.8. The van der Waals surface area contributed by atoms with E-state index in [1.807, 2.05) is 24.4 Å². The molecule has 0 saturated carbocycles. The third-order valence-electron chi connectivity index (χ3n) is 4.18. The van der Waals surface area contributed by atoms with Gasteiger partial charge in [-0.05, 0) is 32.7 Å². The van der Waals surface area contributed by atoms with E-state index in [9.17, 15) is 4.79 Å². The van der Waals surface area contributed by atoms with Crippen LogP contribution in [0, 0.1) is 12.3 Å². The molecule has 0 radical (unpaired) electrons. The summed E-state index contributed by atoms with van der Waals surface area (Å²) in [6.45, 7) is 6.65. The van der Waals surface area contributed by atoms with Crippen molar-refractivity contribution in [1.82, 2.24) is 15.2 Å². The zero-order valence-corrected chi connectivity index (χ0v) is 12.8. The second-order valence-corrected chi connectivity index (χ2v) is 6.38. The number of piperidine rings is 1. The molecule has 1 saturated heterocycles. The quantitative estimate of drug-likeness (QED) is 0.920. The molecule has 1 N–H and O–H groups in total. The van der Waals surface area contributed by atoms with Gasteiger partial charge in [0.2, 0.25) is 5.91 Å². The van der Waals surface area contributed by atoms with Crippen LogP contribution in [-0.2, 0) is 11.3 Å². The van der Waals surface area contributed by atoms with E-state index in [0.717, 1.165) is 38.0 Å². The summed E-state index contributed by atoms with van der Waals surface area (Å²) in [5, 5.41) is 3.38. The number of thiazole rings is 1. The molecule has 1 aliphatic heterocycles. The Labute approximate surface area is 119 Å². The summed E-state index contributed by atoms with van der Waals surface area (Å²) in [5.41, 5.74) is 2.68. The van der Waals surface area contributed by atoms with E-state index in [0.29, 0.717) is 6.54 Å². The van der Waals surface area contributed by atoms with Crippen LogP contribution in [-0.4, -0.2) is 35.9 Å². The number of aryl methyl sites for hydroxylation is 1. The van der Waals surface area contributed by atoms with Crippen LogP contribution in [0.1, 0.15) is 36.8 Å². The Morgan fingerprint density at radius 1 is 1.63 bits per heavy atom. The summed E-state index contributed by atoms with van der Waals surface area (Å²) in [6, 6.07) is 0. The van der Waals surface area contributed by atoms with E-state index in [1.165, 1.54) is 4.88 Å². The highest BCUT2D eigenvalue weighted by atomic mass is 32.1. The van der Waals surface area contributed by atoms with Gasteiger partial charge in [0.25, 0.3) is 0 Å². The second-order valence-electron chi connectivity index (χ2n) is 5.44. The van der Waals surface area contributed by atoms with Crippen molar-refractivity contribution in [2.75, 3.05) is 20.1 Å². The van der Waals surface area contributed by atoms with Gasteiger partial charge in [0.1, 0.15) is 0 Å². The molecule has 19 heavy (non-hydrogen) atoms. The first kappa shape index (κ1) is 14.5. The molecule has 1 atom stereocenters. The predicted octanol–water partition coefficient (Wildman–Crippen LogP) is 2.19. The number of aromatic nitrogens is 1. The van der Waals surface area contributed by atoms with Gasteiger partial charge in [-0.25, -0.2) is 4.98 Å². The molecule has 106 valence electrons. The van der Waals surface area contributed by atoms with Crippen molar-refractivity contribution in [3.05, 3.63) is 16.1 Å². The standard InChI is InChI=1S/C14H23N3OS/c1-4-14(6-5-7-15-9-14)13(18)17(3)8-12-11(2)16-10-19-12/h10,15H,4-9H2,1-3H3. The maximum Gasteiger partial charge on any atom is 0.230 e. The third-order valence-corrected chi connectivity index (χ3v) is 5.09. The number of nitrogens with one attached hydrogen (secondary N) is 1. The topological polar surface area (TPSA) is 45.2 Å². The first-order chi connectivity index (χ1) is 9.09. The van der Waals surface area contributed by atoms with Gasteiger partial charge >= 0.3 is 0 Å². The number of carbonyl (C=O) groups excluding carboxylic acids is 1. The summed E-state index contributed by atoms with van der Waals surface area (Å²) in [4.78, 5) is 20.1. The van der Waals surface area contributed by atoms with E-state index < -0.39 is 0 Å². The number of hydrogen-bond donors (Lipinski definition) is 1. The molecule has 1 fully saturated rings. The summed E-state index contributed by atoms with van der Waals surface area (Å²) < 4.78 is 0. The highest BCUT2D eigenvalue weighted by molar-refractivity contribution is 7.09. The van der Waals surface area contributed by atoms with E-state index in [4.69, 9.17) is 0 Å². The van der Waals surface area contributed by atoms with Crippen LogP contribution in [0.4, 0.5) is 0 Å². The van der Waals surface area contributed by atoms with Crippen LogP contribution in [0.25, 0.3) is 0 Å². The van der Waals surface area contributed by atoms with Crippen molar-refractivity contribution >= 4 is 17.2 Å². The molecule has 4 nitrogen and oxygen atoms in total. The Hall–Kier alpha value is -0.940. The molecule has 1 unspecified atom stereocenters. The fourth-order valence-corrected chi connectivity index (χ4v) is 3.60. The average Bonchev–Trinajstić information content (AvgIpc) is 2.84. The van der Waals surface area contributed by atoms with Crippen LogP contribution >= 0.6 is 11.3 Å². The van der Waals surface area contributed by atoms with Gasteiger partial charge < -0.3 is 10.2 Å². The van der Waals surface area contributed by atoms with Crippen LogP contribution < -0.4 is 5.32 Å². The van der Waals surface area contributed by atoms with E-state index in [-0.39, 0.29) is 11.3 Å². The van der Waals surface area contributed by atoms with Crippen LogP contribution in [0.5, 0.6) is 0 Å². The van der Waals surface area contributed by atoms with Crippen molar-refractivity contribution in [1.29, 1.82) is 0 Å². The summed E-state index contributed by atoms with van der Waals surface area (Å²) in [7, 11) is 1.91. The van der Waals surface area contributed by atoms with Gasteiger partial charge in [0.05, 0.1) is 23.2 Å². The van der Waals surface area contributed by atoms with Crippen molar-refractivity contribution in [2.45, 2.75) is 39.7 Å². The van der Waals surface area contributed by atoms with E-state index >= 15 is 0 Å². The molecule has 1 aromatic heterocycles. The first-order valence-corrected chi connectivity index (χ1v) is 7.82. The van der Waals surface area contributed by atoms with Gasteiger partial charge in [-0.3, -0.25) is 4.79 Å². The van der Waals surface area contributed by atoms with Gasteiger partial charge in [-0.2, -0.15) is 0 Å². The fourth-order valence-electron chi connectivity index (χ4n) is 2.77. The Kier molecular flexibility index (Phi) is 4.58. The van der Waals surface area contributed by atoms with Crippen LogP contribution in [0.2, 0.25) is 0 Å². The minimum Gasteiger partial charge on any atom is -0.340 e. The average molecular weight is 281 g/mol. The summed E-state index contributed by atoms with van der Waals surface area (Å²) in [5.74, 6) is 0.273. The SMILES string of the molecule is CCC1(C(=O)N(C)Cc2scnc2C)CCCNC1. The highest BCUT2D eigenvalue weighted by Gasteiger charge is 2.39. The first-order valence-electron chi connectivity index (χ1n) is 6.94. The third kappa shape index (κ3) is 2.98. The Bertz CT molecular complexity index is 438. The number of hydrogen-bond acceptors (Lipinski definition) is 4. The molecule has 1 aliphatic rings.